The molecular formula is C13H18N2O4. The minimum Gasteiger partial charge on any atom is -0.486 e. The topological polar surface area (TPSA) is 79.8 Å². The molecule has 1 heterocycles. The molecule has 1 unspecified atom stereocenters. The van der Waals surface area contributed by atoms with Crippen LogP contribution in [0.4, 0.5) is 5.69 Å². The number of nitrogens with one attached hydrogen (secondary N) is 2. The molecule has 6 heteroatoms. The van der Waals surface area contributed by atoms with Crippen molar-refractivity contribution in [3.8, 4) is 11.5 Å². The summed E-state index contributed by atoms with van der Waals surface area (Å²) in [6, 6.07) is 5.27. The second kappa shape index (κ2) is 6.40. The average Bonchev–Trinajstić information content (AvgIpc) is 2.38. The Labute approximate surface area is 111 Å². The Morgan fingerprint density at radius 2 is 2.11 bits per heavy atom. The van der Waals surface area contributed by atoms with E-state index in [1.807, 2.05) is 0 Å². The van der Waals surface area contributed by atoms with Gasteiger partial charge in [0.25, 0.3) is 0 Å². The Kier molecular flexibility index (Phi) is 4.59. The number of carbonyl (C=O) groups is 1. The zero-order valence-corrected chi connectivity index (χ0v) is 10.8. The van der Waals surface area contributed by atoms with Crippen molar-refractivity contribution >= 4 is 11.6 Å². The van der Waals surface area contributed by atoms with Gasteiger partial charge in [-0.15, -0.1) is 0 Å². The quantitative estimate of drug-likeness (QED) is 0.717. The van der Waals surface area contributed by atoms with E-state index in [4.69, 9.17) is 14.6 Å². The molecule has 6 nitrogen and oxygen atoms in total. The predicted molar refractivity (Wildman–Crippen MR) is 70.6 cm³/mol. The first-order chi connectivity index (χ1) is 9.15. The third kappa shape index (κ3) is 4.11. The van der Waals surface area contributed by atoms with E-state index in [1.54, 1.807) is 25.1 Å². The van der Waals surface area contributed by atoms with Gasteiger partial charge in [0.2, 0.25) is 5.91 Å². The van der Waals surface area contributed by atoms with Gasteiger partial charge in [0.15, 0.2) is 11.5 Å². The number of amides is 1. The molecule has 0 bridgehead atoms. The molecular weight excluding hydrogens is 248 g/mol. The molecule has 1 aliphatic rings. The largest absolute Gasteiger partial charge is 0.486 e. The first-order valence-corrected chi connectivity index (χ1v) is 6.23. The number of ether oxygens (including phenoxy) is 2. The lowest BCUT2D eigenvalue weighted by atomic mass is 10.2. The van der Waals surface area contributed by atoms with Gasteiger partial charge in [0, 0.05) is 18.3 Å². The van der Waals surface area contributed by atoms with Crippen LogP contribution in [0.2, 0.25) is 0 Å². The van der Waals surface area contributed by atoms with Crippen molar-refractivity contribution in [2.45, 2.75) is 13.0 Å². The molecule has 0 aliphatic carbocycles. The van der Waals surface area contributed by atoms with Crippen LogP contribution in [-0.4, -0.2) is 43.4 Å². The molecule has 1 aliphatic heterocycles. The number of aliphatic hydroxyl groups is 1. The highest BCUT2D eigenvalue weighted by atomic mass is 16.6. The third-order valence-corrected chi connectivity index (χ3v) is 2.55. The van der Waals surface area contributed by atoms with Gasteiger partial charge in [0.1, 0.15) is 13.2 Å². The minimum absolute atomic E-state index is 0.152. The van der Waals surface area contributed by atoms with Gasteiger partial charge in [-0.25, -0.2) is 0 Å². The average molecular weight is 266 g/mol. The summed E-state index contributed by atoms with van der Waals surface area (Å²) in [5.74, 6) is 1.16. The molecule has 0 saturated heterocycles. The number of aliphatic hydroxyl groups excluding tert-OH is 1. The molecule has 0 radical (unpaired) electrons. The maximum atomic E-state index is 11.6. The van der Waals surface area contributed by atoms with E-state index in [-0.39, 0.29) is 12.5 Å². The van der Waals surface area contributed by atoms with Crippen LogP contribution in [0.25, 0.3) is 0 Å². The Morgan fingerprint density at radius 1 is 1.37 bits per heavy atom. The number of carbonyl (C=O) groups excluding carboxylic acids is 1. The van der Waals surface area contributed by atoms with E-state index in [0.717, 1.165) is 0 Å². The maximum Gasteiger partial charge on any atom is 0.238 e. The van der Waals surface area contributed by atoms with E-state index in [9.17, 15) is 4.79 Å². The van der Waals surface area contributed by atoms with Gasteiger partial charge >= 0.3 is 0 Å². The lowest BCUT2D eigenvalue weighted by Gasteiger charge is -2.19. The van der Waals surface area contributed by atoms with E-state index >= 15 is 0 Å². The van der Waals surface area contributed by atoms with Crippen LogP contribution in [-0.2, 0) is 4.79 Å². The van der Waals surface area contributed by atoms with Crippen LogP contribution in [0, 0.1) is 0 Å². The van der Waals surface area contributed by atoms with E-state index < -0.39 is 6.10 Å². The molecule has 1 aromatic carbocycles. The minimum atomic E-state index is -0.470. The van der Waals surface area contributed by atoms with Crippen molar-refractivity contribution in [2.75, 3.05) is 31.6 Å². The Hall–Kier alpha value is -1.79. The van der Waals surface area contributed by atoms with E-state index in [0.29, 0.717) is 36.9 Å². The van der Waals surface area contributed by atoms with Crippen LogP contribution >= 0.6 is 0 Å². The predicted octanol–water partition coefficient (Wildman–Crippen LogP) is 0.367. The first-order valence-electron chi connectivity index (χ1n) is 6.23. The Balaban J connectivity index is 1.86. The lowest BCUT2D eigenvalue weighted by molar-refractivity contribution is -0.115. The highest BCUT2D eigenvalue weighted by Gasteiger charge is 2.12. The Bertz CT molecular complexity index is 448. The molecule has 2 rings (SSSR count). The molecule has 0 saturated carbocycles. The van der Waals surface area contributed by atoms with Crippen LogP contribution in [0.5, 0.6) is 11.5 Å². The summed E-state index contributed by atoms with van der Waals surface area (Å²) in [4.78, 5) is 11.6. The number of rotatable bonds is 5. The molecule has 1 atom stereocenters. The van der Waals surface area contributed by atoms with Crippen molar-refractivity contribution in [1.29, 1.82) is 0 Å². The fourth-order valence-electron chi connectivity index (χ4n) is 1.72. The molecule has 19 heavy (non-hydrogen) atoms. The highest BCUT2D eigenvalue weighted by Crippen LogP contribution is 2.32. The van der Waals surface area contributed by atoms with Crippen LogP contribution < -0.4 is 20.1 Å². The summed E-state index contributed by atoms with van der Waals surface area (Å²) in [5.41, 5.74) is 0.660. The van der Waals surface area contributed by atoms with Gasteiger partial charge in [0.05, 0.1) is 12.6 Å². The molecule has 0 fully saturated rings. The zero-order chi connectivity index (χ0) is 13.7. The molecule has 0 aromatic heterocycles. The second-order valence-corrected chi connectivity index (χ2v) is 4.39. The maximum absolute atomic E-state index is 11.6. The van der Waals surface area contributed by atoms with Crippen molar-refractivity contribution < 1.29 is 19.4 Å². The zero-order valence-electron chi connectivity index (χ0n) is 10.8. The van der Waals surface area contributed by atoms with Crippen molar-refractivity contribution in [3.63, 3.8) is 0 Å². The summed E-state index contributed by atoms with van der Waals surface area (Å²) < 4.78 is 10.8. The van der Waals surface area contributed by atoms with Gasteiger partial charge in [-0.2, -0.15) is 0 Å². The van der Waals surface area contributed by atoms with Crippen LogP contribution in [0.1, 0.15) is 6.92 Å². The highest BCUT2D eigenvalue weighted by molar-refractivity contribution is 5.92. The van der Waals surface area contributed by atoms with Gasteiger partial charge in [-0.05, 0) is 19.1 Å². The van der Waals surface area contributed by atoms with Gasteiger partial charge in [-0.3, -0.25) is 4.79 Å². The molecule has 1 amide bonds. The van der Waals surface area contributed by atoms with Crippen molar-refractivity contribution in [2.24, 2.45) is 0 Å². The Morgan fingerprint density at radius 3 is 2.84 bits per heavy atom. The standard InChI is InChI=1S/C13H18N2O4/c1-9(16)7-14-8-13(17)15-10-2-3-11-12(6-10)19-5-4-18-11/h2-3,6,9,14,16H,4-5,7-8H2,1H3,(H,15,17). The number of hydrogen-bond acceptors (Lipinski definition) is 5. The second-order valence-electron chi connectivity index (χ2n) is 4.39. The van der Waals surface area contributed by atoms with E-state index in [1.165, 1.54) is 0 Å². The normalized spacial score (nSPS) is 14.8. The van der Waals surface area contributed by atoms with Gasteiger partial charge < -0.3 is 25.2 Å². The summed E-state index contributed by atoms with van der Waals surface area (Å²) in [5, 5.41) is 14.7. The van der Waals surface area contributed by atoms with Crippen LogP contribution in [0.15, 0.2) is 18.2 Å². The lowest BCUT2D eigenvalue weighted by Crippen LogP contribution is -2.32. The SMILES string of the molecule is CC(O)CNCC(=O)Nc1ccc2c(c1)OCCO2. The summed E-state index contributed by atoms with van der Waals surface area (Å²) in [6.45, 7) is 3.25. The molecule has 104 valence electrons. The van der Waals surface area contributed by atoms with Gasteiger partial charge in [-0.1, -0.05) is 0 Å². The molecule has 3 N–H and O–H groups in total. The fraction of sp³-hybridized carbons (Fsp3) is 0.462. The fourth-order valence-corrected chi connectivity index (χ4v) is 1.72. The van der Waals surface area contributed by atoms with Crippen molar-refractivity contribution in [1.82, 2.24) is 5.32 Å². The molecule has 0 spiro atoms. The number of anilines is 1. The summed E-state index contributed by atoms with van der Waals surface area (Å²) in [6.07, 6.45) is -0.470. The van der Waals surface area contributed by atoms with E-state index in [2.05, 4.69) is 10.6 Å². The summed E-state index contributed by atoms with van der Waals surface area (Å²) >= 11 is 0. The third-order valence-electron chi connectivity index (χ3n) is 2.55. The van der Waals surface area contributed by atoms with Crippen molar-refractivity contribution in [3.05, 3.63) is 18.2 Å². The van der Waals surface area contributed by atoms with Crippen LogP contribution in [0.3, 0.4) is 0 Å². The summed E-state index contributed by atoms with van der Waals surface area (Å²) in [7, 11) is 0. The number of benzene rings is 1. The molecule has 1 aromatic rings. The monoisotopic (exact) mass is 266 g/mol. The number of hydrogen-bond donors (Lipinski definition) is 3. The number of fused-ring (bicyclic) bond motifs is 1. The smallest absolute Gasteiger partial charge is 0.238 e. The first kappa shape index (κ1) is 13.6.